The van der Waals surface area contributed by atoms with Crippen molar-refractivity contribution in [1.29, 1.82) is 0 Å². The minimum atomic E-state index is -1.83. The second kappa shape index (κ2) is 6.82. The van der Waals surface area contributed by atoms with Crippen molar-refractivity contribution in [1.82, 2.24) is 0 Å². The van der Waals surface area contributed by atoms with Gasteiger partial charge < -0.3 is 19.8 Å². The monoisotopic (exact) mass is 262 g/mol. The van der Waals surface area contributed by atoms with E-state index >= 15 is 0 Å². The number of aliphatic hydroxyl groups excluding tert-OH is 1. The standard InChI is InChI=1S/C12H23NO5/c1-13(2,3)9-12(18,8-11(16)17)10(15)6-4-5-7-14/h14,18H,4-9H2,1-3H3/p+1/t12-/m1/s1. The van der Waals surface area contributed by atoms with Crippen LogP contribution in [0.25, 0.3) is 0 Å². The van der Waals surface area contributed by atoms with Gasteiger partial charge in [-0.15, -0.1) is 0 Å². The molecule has 0 unspecified atom stereocenters. The summed E-state index contributed by atoms with van der Waals surface area (Å²) in [6.07, 6.45) is 0.429. The Morgan fingerprint density at radius 2 is 1.72 bits per heavy atom. The van der Waals surface area contributed by atoms with Gasteiger partial charge in [-0.05, 0) is 12.8 Å². The number of carbonyl (C=O) groups is 2. The van der Waals surface area contributed by atoms with E-state index in [0.29, 0.717) is 17.3 Å². The molecule has 0 aromatic heterocycles. The number of carboxylic acids is 1. The topological polar surface area (TPSA) is 94.8 Å². The molecule has 3 N–H and O–H groups in total. The summed E-state index contributed by atoms with van der Waals surface area (Å²) in [5.74, 6) is -1.66. The van der Waals surface area contributed by atoms with Gasteiger partial charge in [0.15, 0.2) is 11.4 Å². The van der Waals surface area contributed by atoms with Crippen LogP contribution >= 0.6 is 0 Å². The molecule has 6 heteroatoms. The van der Waals surface area contributed by atoms with Crippen molar-refractivity contribution in [3.63, 3.8) is 0 Å². The molecule has 0 radical (unpaired) electrons. The maximum Gasteiger partial charge on any atom is 0.306 e. The van der Waals surface area contributed by atoms with E-state index in [1.807, 2.05) is 0 Å². The fourth-order valence-corrected chi connectivity index (χ4v) is 1.91. The number of Topliss-reactive ketones (excluding diaryl/α,β-unsaturated/α-hetero) is 1. The van der Waals surface area contributed by atoms with Crippen LogP contribution < -0.4 is 0 Å². The van der Waals surface area contributed by atoms with Gasteiger partial charge in [0.1, 0.15) is 6.54 Å². The van der Waals surface area contributed by atoms with Crippen LogP contribution in [0.5, 0.6) is 0 Å². The largest absolute Gasteiger partial charge is 0.481 e. The Labute approximate surface area is 107 Å². The van der Waals surface area contributed by atoms with Crippen molar-refractivity contribution in [2.45, 2.75) is 31.3 Å². The van der Waals surface area contributed by atoms with Crippen LogP contribution in [0.2, 0.25) is 0 Å². The number of aliphatic carboxylic acids is 1. The van der Waals surface area contributed by atoms with Crippen molar-refractivity contribution in [3.05, 3.63) is 0 Å². The van der Waals surface area contributed by atoms with E-state index in [4.69, 9.17) is 10.2 Å². The van der Waals surface area contributed by atoms with Crippen LogP contribution in [0, 0.1) is 0 Å². The summed E-state index contributed by atoms with van der Waals surface area (Å²) >= 11 is 0. The van der Waals surface area contributed by atoms with Gasteiger partial charge in [-0.25, -0.2) is 0 Å². The molecule has 0 aliphatic rings. The van der Waals surface area contributed by atoms with E-state index in [-0.39, 0.29) is 19.6 Å². The summed E-state index contributed by atoms with van der Waals surface area (Å²) in [6.45, 7) is 0.0389. The Hall–Kier alpha value is -0.980. The van der Waals surface area contributed by atoms with Gasteiger partial charge in [-0.2, -0.15) is 0 Å². The van der Waals surface area contributed by atoms with Crippen LogP contribution in [0.1, 0.15) is 25.7 Å². The second-order valence-corrected chi connectivity index (χ2v) is 5.65. The number of ketones is 1. The molecule has 0 spiro atoms. The van der Waals surface area contributed by atoms with Crippen LogP contribution in [0.3, 0.4) is 0 Å². The molecular formula is C12H24NO5+. The van der Waals surface area contributed by atoms with Crippen LogP contribution in [0.4, 0.5) is 0 Å². The van der Waals surface area contributed by atoms with Gasteiger partial charge in [0.25, 0.3) is 0 Å². The maximum atomic E-state index is 11.9. The van der Waals surface area contributed by atoms with Gasteiger partial charge >= 0.3 is 5.97 Å². The molecule has 6 nitrogen and oxygen atoms in total. The van der Waals surface area contributed by atoms with Gasteiger partial charge in [0.05, 0.1) is 27.6 Å². The number of carboxylic acid groups (broad SMARTS) is 1. The summed E-state index contributed by atoms with van der Waals surface area (Å²) in [7, 11) is 5.36. The molecule has 0 amide bonds. The zero-order valence-electron chi connectivity index (χ0n) is 11.3. The summed E-state index contributed by atoms with van der Waals surface area (Å²) in [4.78, 5) is 22.7. The summed E-state index contributed by atoms with van der Waals surface area (Å²) in [5.41, 5.74) is -1.83. The molecule has 0 saturated carbocycles. The number of unbranched alkanes of at least 4 members (excludes halogenated alkanes) is 1. The van der Waals surface area contributed by atoms with E-state index in [0.717, 1.165) is 0 Å². The average Bonchev–Trinajstić information content (AvgIpc) is 2.13. The molecule has 0 saturated heterocycles. The predicted octanol–water partition coefficient (Wildman–Crippen LogP) is -0.370. The minimum Gasteiger partial charge on any atom is -0.481 e. The van der Waals surface area contributed by atoms with Gasteiger partial charge in [0, 0.05) is 13.0 Å². The Morgan fingerprint density at radius 1 is 1.17 bits per heavy atom. The molecule has 0 bridgehead atoms. The highest BCUT2D eigenvalue weighted by molar-refractivity contribution is 5.90. The third kappa shape index (κ3) is 6.68. The Balaban J connectivity index is 4.74. The van der Waals surface area contributed by atoms with Gasteiger partial charge in [0.2, 0.25) is 0 Å². The molecule has 0 rings (SSSR count). The van der Waals surface area contributed by atoms with Crippen LogP contribution in [0.15, 0.2) is 0 Å². The molecule has 0 heterocycles. The minimum absolute atomic E-state index is 0.0139. The quantitative estimate of drug-likeness (QED) is 0.389. The Kier molecular flexibility index (Phi) is 6.45. The molecule has 0 aromatic carbocycles. The number of aliphatic hydroxyl groups is 2. The average molecular weight is 262 g/mol. The van der Waals surface area contributed by atoms with Crippen LogP contribution in [-0.2, 0) is 9.59 Å². The summed E-state index contributed by atoms with van der Waals surface area (Å²) in [6, 6.07) is 0. The lowest BCUT2D eigenvalue weighted by atomic mass is 9.90. The fraction of sp³-hybridized carbons (Fsp3) is 0.833. The highest BCUT2D eigenvalue weighted by Crippen LogP contribution is 2.19. The van der Waals surface area contributed by atoms with Crippen molar-refractivity contribution < 1.29 is 29.4 Å². The number of likely N-dealkylation sites (N-methyl/N-ethyl adjacent to an activating group) is 1. The van der Waals surface area contributed by atoms with E-state index < -0.39 is 23.8 Å². The highest BCUT2D eigenvalue weighted by atomic mass is 16.4. The maximum absolute atomic E-state index is 11.9. The van der Waals surface area contributed by atoms with Crippen LogP contribution in [-0.4, -0.2) is 71.5 Å². The SMILES string of the molecule is C[N+](C)(C)C[C@](O)(CC(=O)O)C(=O)CCCCO. The number of hydrogen-bond donors (Lipinski definition) is 3. The first kappa shape index (κ1) is 17.0. The zero-order valence-corrected chi connectivity index (χ0v) is 11.3. The predicted molar refractivity (Wildman–Crippen MR) is 66.0 cm³/mol. The van der Waals surface area contributed by atoms with Gasteiger partial charge in [-0.1, -0.05) is 0 Å². The molecule has 106 valence electrons. The van der Waals surface area contributed by atoms with Crippen molar-refractivity contribution in [2.24, 2.45) is 0 Å². The van der Waals surface area contributed by atoms with E-state index in [2.05, 4.69) is 0 Å². The van der Waals surface area contributed by atoms with Crippen molar-refractivity contribution in [3.8, 4) is 0 Å². The number of nitrogens with zero attached hydrogens (tertiary/aromatic N) is 1. The lowest BCUT2D eigenvalue weighted by molar-refractivity contribution is -0.875. The van der Waals surface area contributed by atoms with E-state index in [9.17, 15) is 14.7 Å². The smallest absolute Gasteiger partial charge is 0.306 e. The highest BCUT2D eigenvalue weighted by Gasteiger charge is 2.42. The molecule has 0 aromatic rings. The third-order valence-electron chi connectivity index (χ3n) is 2.51. The molecule has 18 heavy (non-hydrogen) atoms. The first-order valence-electron chi connectivity index (χ1n) is 5.99. The zero-order chi connectivity index (χ0) is 14.4. The normalized spacial score (nSPS) is 15.2. The number of rotatable bonds is 9. The van der Waals surface area contributed by atoms with E-state index in [1.54, 1.807) is 21.1 Å². The Bertz CT molecular complexity index is 297. The summed E-state index contributed by atoms with van der Waals surface area (Å²) in [5, 5.41) is 27.7. The lowest BCUT2D eigenvalue weighted by Crippen LogP contribution is -2.54. The molecule has 1 atom stereocenters. The number of hydrogen-bond acceptors (Lipinski definition) is 4. The lowest BCUT2D eigenvalue weighted by Gasteiger charge is -2.33. The Morgan fingerprint density at radius 3 is 2.11 bits per heavy atom. The molecule has 0 aliphatic carbocycles. The molecular weight excluding hydrogens is 238 g/mol. The first-order chi connectivity index (χ1) is 8.10. The van der Waals surface area contributed by atoms with Gasteiger partial charge in [-0.3, -0.25) is 9.59 Å². The second-order valence-electron chi connectivity index (χ2n) is 5.65. The molecule has 0 fully saturated rings. The first-order valence-corrected chi connectivity index (χ1v) is 5.99. The van der Waals surface area contributed by atoms with E-state index in [1.165, 1.54) is 0 Å². The third-order valence-corrected chi connectivity index (χ3v) is 2.51. The molecule has 0 aliphatic heterocycles. The summed E-state index contributed by atoms with van der Waals surface area (Å²) < 4.78 is 0.301. The number of quaternary nitrogens is 1. The fourth-order valence-electron chi connectivity index (χ4n) is 1.91. The van der Waals surface area contributed by atoms with Crippen molar-refractivity contribution in [2.75, 3.05) is 34.3 Å². The number of carbonyl (C=O) groups excluding carboxylic acids is 1. The van der Waals surface area contributed by atoms with Crippen molar-refractivity contribution >= 4 is 11.8 Å².